The van der Waals surface area contributed by atoms with Gasteiger partial charge in [0.1, 0.15) is 12.7 Å². The second kappa shape index (κ2) is 7.91. The van der Waals surface area contributed by atoms with Crippen LogP contribution in [0.5, 0.6) is 0 Å². The van der Waals surface area contributed by atoms with Gasteiger partial charge in [-0.25, -0.2) is 22.4 Å². The van der Waals surface area contributed by atoms with E-state index in [0.29, 0.717) is 5.56 Å². The SMILES string of the molecule is C[C@@H](NC(=O)c1ccc(S(=O)(=O)N(C)C)cc1)c1ccc(-n2cncn2)cc1. The number of nitrogens with one attached hydrogen (secondary N) is 1. The third kappa shape index (κ3) is 4.10. The summed E-state index contributed by atoms with van der Waals surface area (Å²) < 4.78 is 27.0. The van der Waals surface area contributed by atoms with Crippen LogP contribution in [0, 0.1) is 0 Å². The summed E-state index contributed by atoms with van der Waals surface area (Å²) in [6, 6.07) is 13.3. The molecule has 0 fully saturated rings. The average Bonchev–Trinajstić information content (AvgIpc) is 3.23. The summed E-state index contributed by atoms with van der Waals surface area (Å²) in [5, 5.41) is 6.99. The van der Waals surface area contributed by atoms with Crippen molar-refractivity contribution in [2.24, 2.45) is 0 Å². The normalized spacial score (nSPS) is 12.7. The van der Waals surface area contributed by atoms with Gasteiger partial charge in [-0.1, -0.05) is 12.1 Å². The number of carbonyl (C=O) groups is 1. The van der Waals surface area contributed by atoms with Crippen LogP contribution in [0.15, 0.2) is 66.1 Å². The zero-order valence-corrected chi connectivity index (χ0v) is 16.6. The Bertz CT molecular complexity index is 1040. The average molecular weight is 399 g/mol. The minimum atomic E-state index is -3.52. The first-order valence-electron chi connectivity index (χ1n) is 8.57. The molecule has 146 valence electrons. The molecule has 3 aromatic rings. The number of rotatable bonds is 6. The highest BCUT2D eigenvalue weighted by atomic mass is 32.2. The van der Waals surface area contributed by atoms with Crippen molar-refractivity contribution in [1.82, 2.24) is 24.4 Å². The van der Waals surface area contributed by atoms with Crippen molar-refractivity contribution in [2.45, 2.75) is 17.9 Å². The molecule has 0 aliphatic heterocycles. The lowest BCUT2D eigenvalue weighted by molar-refractivity contribution is 0.0940. The van der Waals surface area contributed by atoms with Gasteiger partial charge in [0, 0.05) is 19.7 Å². The second-order valence-corrected chi connectivity index (χ2v) is 8.59. The maximum absolute atomic E-state index is 12.5. The van der Waals surface area contributed by atoms with Crippen LogP contribution in [0.1, 0.15) is 28.9 Å². The molecule has 0 spiro atoms. The van der Waals surface area contributed by atoms with Gasteiger partial charge in [0.15, 0.2) is 0 Å². The summed E-state index contributed by atoms with van der Waals surface area (Å²) >= 11 is 0. The lowest BCUT2D eigenvalue weighted by Gasteiger charge is -2.15. The van der Waals surface area contributed by atoms with Gasteiger partial charge >= 0.3 is 0 Å². The second-order valence-electron chi connectivity index (χ2n) is 6.44. The van der Waals surface area contributed by atoms with Crippen LogP contribution in [0.25, 0.3) is 5.69 Å². The molecule has 0 unspecified atom stereocenters. The molecule has 1 atom stereocenters. The molecule has 1 heterocycles. The molecule has 0 saturated heterocycles. The van der Waals surface area contributed by atoms with E-state index in [1.807, 2.05) is 31.2 Å². The number of nitrogens with zero attached hydrogens (tertiary/aromatic N) is 4. The van der Waals surface area contributed by atoms with Crippen LogP contribution in [0.3, 0.4) is 0 Å². The molecule has 0 bridgehead atoms. The third-order valence-electron chi connectivity index (χ3n) is 4.32. The van der Waals surface area contributed by atoms with Crippen molar-refractivity contribution in [3.63, 3.8) is 0 Å². The Kier molecular flexibility index (Phi) is 5.57. The van der Waals surface area contributed by atoms with Gasteiger partial charge in [0.2, 0.25) is 10.0 Å². The van der Waals surface area contributed by atoms with E-state index in [0.717, 1.165) is 15.6 Å². The van der Waals surface area contributed by atoms with Crippen molar-refractivity contribution >= 4 is 15.9 Å². The summed E-state index contributed by atoms with van der Waals surface area (Å²) in [4.78, 5) is 16.5. The van der Waals surface area contributed by atoms with Gasteiger partial charge in [0.05, 0.1) is 16.6 Å². The van der Waals surface area contributed by atoms with E-state index in [1.54, 1.807) is 11.0 Å². The van der Waals surface area contributed by atoms with Gasteiger partial charge in [-0.2, -0.15) is 5.10 Å². The number of aromatic nitrogens is 3. The van der Waals surface area contributed by atoms with Crippen molar-refractivity contribution in [1.29, 1.82) is 0 Å². The molecule has 28 heavy (non-hydrogen) atoms. The van der Waals surface area contributed by atoms with Crippen molar-refractivity contribution in [3.8, 4) is 5.69 Å². The Morgan fingerprint density at radius 1 is 1.07 bits per heavy atom. The summed E-state index contributed by atoms with van der Waals surface area (Å²) in [6.07, 6.45) is 3.08. The van der Waals surface area contributed by atoms with Gasteiger partial charge in [-0.3, -0.25) is 4.79 Å². The standard InChI is InChI=1S/C19H21N5O3S/c1-14(15-4-8-17(9-5-15)24-13-20-12-21-24)22-19(25)16-6-10-18(11-7-16)28(26,27)23(2)3/h4-14H,1-3H3,(H,22,25)/t14-/m1/s1. The number of hydrogen-bond donors (Lipinski definition) is 1. The van der Waals surface area contributed by atoms with E-state index < -0.39 is 10.0 Å². The maximum atomic E-state index is 12.5. The number of amides is 1. The molecule has 1 N–H and O–H groups in total. The predicted molar refractivity (Wildman–Crippen MR) is 105 cm³/mol. The van der Waals surface area contributed by atoms with Gasteiger partial charge in [-0.05, 0) is 48.9 Å². The van der Waals surface area contributed by atoms with Gasteiger partial charge < -0.3 is 5.32 Å². The first kappa shape index (κ1) is 19.7. The monoisotopic (exact) mass is 399 g/mol. The van der Waals surface area contributed by atoms with E-state index in [9.17, 15) is 13.2 Å². The smallest absolute Gasteiger partial charge is 0.251 e. The number of hydrogen-bond acceptors (Lipinski definition) is 5. The first-order valence-corrected chi connectivity index (χ1v) is 10.0. The molecule has 1 aromatic heterocycles. The van der Waals surface area contributed by atoms with E-state index >= 15 is 0 Å². The van der Waals surface area contributed by atoms with E-state index in [2.05, 4.69) is 15.4 Å². The highest BCUT2D eigenvalue weighted by Gasteiger charge is 2.18. The van der Waals surface area contributed by atoms with Crippen LogP contribution in [0.4, 0.5) is 0 Å². The molecule has 8 nitrogen and oxygen atoms in total. The molecule has 2 aromatic carbocycles. The molecule has 0 saturated carbocycles. The fraction of sp³-hybridized carbons (Fsp3) is 0.211. The first-order chi connectivity index (χ1) is 13.3. The van der Waals surface area contributed by atoms with Crippen LogP contribution in [-0.4, -0.2) is 47.5 Å². The van der Waals surface area contributed by atoms with E-state index in [4.69, 9.17) is 0 Å². The van der Waals surface area contributed by atoms with Crippen molar-refractivity contribution in [3.05, 3.63) is 72.3 Å². The largest absolute Gasteiger partial charge is 0.346 e. The molecule has 0 aliphatic rings. The number of benzene rings is 2. The Morgan fingerprint density at radius 3 is 2.25 bits per heavy atom. The summed E-state index contributed by atoms with van der Waals surface area (Å²) in [5.74, 6) is -0.276. The van der Waals surface area contributed by atoms with E-state index in [-0.39, 0.29) is 16.8 Å². The van der Waals surface area contributed by atoms with Crippen LogP contribution in [-0.2, 0) is 10.0 Å². The van der Waals surface area contributed by atoms with Crippen molar-refractivity contribution in [2.75, 3.05) is 14.1 Å². The molecule has 9 heteroatoms. The molecule has 1 amide bonds. The van der Waals surface area contributed by atoms with E-state index in [1.165, 1.54) is 44.7 Å². The topological polar surface area (TPSA) is 97.2 Å². The fourth-order valence-corrected chi connectivity index (χ4v) is 3.51. The summed E-state index contributed by atoms with van der Waals surface area (Å²) in [6.45, 7) is 1.88. The molecule has 0 radical (unpaired) electrons. The Labute approximate surface area is 163 Å². The number of sulfonamides is 1. The maximum Gasteiger partial charge on any atom is 0.251 e. The Balaban J connectivity index is 1.69. The van der Waals surface area contributed by atoms with Crippen LogP contribution in [0.2, 0.25) is 0 Å². The third-order valence-corrected chi connectivity index (χ3v) is 6.15. The summed E-state index contributed by atoms with van der Waals surface area (Å²) in [7, 11) is -0.590. The summed E-state index contributed by atoms with van der Waals surface area (Å²) in [5.41, 5.74) is 2.20. The lowest BCUT2D eigenvalue weighted by Crippen LogP contribution is -2.27. The quantitative estimate of drug-likeness (QED) is 0.684. The molecule has 0 aliphatic carbocycles. The lowest BCUT2D eigenvalue weighted by atomic mass is 10.1. The molecular formula is C19H21N5O3S. The van der Waals surface area contributed by atoms with Gasteiger partial charge in [0.25, 0.3) is 5.91 Å². The van der Waals surface area contributed by atoms with Crippen LogP contribution < -0.4 is 5.32 Å². The minimum Gasteiger partial charge on any atom is -0.346 e. The minimum absolute atomic E-state index is 0.144. The van der Waals surface area contributed by atoms with Gasteiger partial charge in [-0.15, -0.1) is 0 Å². The number of carbonyl (C=O) groups excluding carboxylic acids is 1. The highest BCUT2D eigenvalue weighted by Crippen LogP contribution is 2.17. The Morgan fingerprint density at radius 2 is 1.71 bits per heavy atom. The van der Waals surface area contributed by atoms with Crippen LogP contribution >= 0.6 is 0 Å². The molecule has 3 rings (SSSR count). The Hall–Kier alpha value is -3.04. The highest BCUT2D eigenvalue weighted by molar-refractivity contribution is 7.89. The predicted octanol–water partition coefficient (Wildman–Crippen LogP) is 2.01. The molecular weight excluding hydrogens is 378 g/mol. The zero-order chi connectivity index (χ0) is 20.3. The van der Waals surface area contributed by atoms with Crippen molar-refractivity contribution < 1.29 is 13.2 Å². The fourth-order valence-electron chi connectivity index (χ4n) is 2.61. The zero-order valence-electron chi connectivity index (χ0n) is 15.8.